The molecule has 584 valence electrons. The molecule has 8 unspecified atom stereocenters. The van der Waals surface area contributed by atoms with Crippen molar-refractivity contribution in [2.45, 2.75) is 152 Å². The van der Waals surface area contributed by atoms with E-state index in [4.69, 9.17) is 61.2 Å². The van der Waals surface area contributed by atoms with Gasteiger partial charge >= 0.3 is 75.8 Å². The van der Waals surface area contributed by atoms with Crippen molar-refractivity contribution in [3.8, 4) is 0 Å². The lowest BCUT2D eigenvalue weighted by atomic mass is 10.0. The van der Waals surface area contributed by atoms with Crippen LogP contribution in [0.2, 0.25) is 0 Å². The molecule has 19 N–H and O–H groups in total. The minimum Gasteiger partial charge on any atom is -0.394 e. The first-order valence-corrected chi connectivity index (χ1v) is 41.3. The highest BCUT2D eigenvalue weighted by Crippen LogP contribution is 2.80. The van der Waals surface area contributed by atoms with Crippen LogP contribution in [0.25, 0.3) is 0 Å². The lowest BCUT2D eigenvalue weighted by molar-refractivity contribution is -0.0237. The van der Waals surface area contributed by atoms with Crippen molar-refractivity contribution in [2.75, 3.05) is 26.4 Å². The lowest BCUT2D eigenvalue weighted by Gasteiger charge is -2.27. The van der Waals surface area contributed by atoms with E-state index < -0.39 is 222 Å². The van der Waals surface area contributed by atoms with Gasteiger partial charge in [-0.1, -0.05) is 0 Å². The van der Waals surface area contributed by atoms with E-state index in [9.17, 15) is 126 Å². The fraction of sp³-hybridized carbons (Fsp3) is 0.636. The van der Waals surface area contributed by atoms with Crippen LogP contribution in [0.1, 0.15) is 74.4 Å². The summed E-state index contributed by atoms with van der Waals surface area (Å²) in [4.78, 5) is 156. The molecule has 4 aromatic rings. The van der Waals surface area contributed by atoms with Gasteiger partial charge in [0, 0.05) is 51.0 Å². The van der Waals surface area contributed by atoms with Crippen LogP contribution in [0.4, 0.5) is 0 Å². The van der Waals surface area contributed by atoms with Crippen molar-refractivity contribution < 1.29 is 161 Å². The molecule has 103 heavy (non-hydrogen) atoms. The van der Waals surface area contributed by atoms with Crippen LogP contribution in [0.15, 0.2) is 63.1 Å². The number of aryl methyl sites for hydroxylation is 4. The fourth-order valence-electron chi connectivity index (χ4n) is 9.71. The lowest BCUT2D eigenvalue weighted by Crippen LogP contribution is -2.36. The highest BCUT2D eigenvalue weighted by Gasteiger charge is 2.56. The smallest absolute Gasteiger partial charge is 0.394 e. The molecule has 0 spiro atoms. The Morgan fingerprint density at radius 2 is 0.718 bits per heavy atom. The molecular formula is C44H67Cl2N8O42P7. The summed E-state index contributed by atoms with van der Waals surface area (Å²) in [7, 11) is -32.4. The predicted octanol–water partition coefficient (Wildman–Crippen LogP) is -4.80. The van der Waals surface area contributed by atoms with Gasteiger partial charge in [-0.05, 0) is 50.2 Å². The summed E-state index contributed by atoms with van der Waals surface area (Å²) in [5.41, 5.74) is -6.21. The fourth-order valence-corrected chi connectivity index (χ4v) is 18.3. The zero-order valence-electron chi connectivity index (χ0n) is 52.6. The van der Waals surface area contributed by atoms with Crippen LogP contribution < -0.4 is 45.0 Å². The van der Waals surface area contributed by atoms with Crippen LogP contribution in [-0.4, -0.2) is 213 Å². The monoisotopic (exact) mass is 1670 g/mol. The summed E-state index contributed by atoms with van der Waals surface area (Å²) in [5, 5.41) is 89.1. The van der Waals surface area contributed by atoms with Gasteiger partial charge in [0.2, 0.25) is 0 Å². The van der Waals surface area contributed by atoms with Crippen LogP contribution in [-0.2, 0) is 112 Å². The van der Waals surface area contributed by atoms with Gasteiger partial charge in [0.15, 0.2) is 0 Å². The zero-order chi connectivity index (χ0) is 77.8. The number of rotatable bonds is 22. The van der Waals surface area contributed by atoms with E-state index in [1.165, 1.54) is 21.5 Å². The van der Waals surface area contributed by atoms with E-state index in [0.29, 0.717) is 13.1 Å². The van der Waals surface area contributed by atoms with Gasteiger partial charge in [-0.25, -0.2) is 46.6 Å². The van der Waals surface area contributed by atoms with E-state index in [0.717, 1.165) is 21.5 Å². The van der Waals surface area contributed by atoms with Crippen molar-refractivity contribution in [2.24, 2.45) is 0 Å². The number of hydrogen-bond donors (Lipinski definition) is 19. The number of aromatic nitrogens is 8. The van der Waals surface area contributed by atoms with Crippen molar-refractivity contribution in [3.05, 3.63) is 130 Å². The minimum absolute atomic E-state index is 0.0274. The summed E-state index contributed by atoms with van der Waals surface area (Å²) in [6.45, 7) is 4.74. The average molecular weight is 1670 g/mol. The zero-order valence-corrected chi connectivity index (χ0v) is 60.4. The van der Waals surface area contributed by atoms with Crippen molar-refractivity contribution in [1.82, 2.24) is 38.2 Å². The number of aliphatic hydroxyl groups is 9. The van der Waals surface area contributed by atoms with Gasteiger partial charge in [-0.15, -0.1) is 0 Å². The number of halogens is 2. The average Bonchev–Trinajstić information content (AvgIpc) is 1.75. The number of phosphoric acid groups is 6. The molecule has 5 saturated heterocycles. The SMILES string of the molecule is CCn1cc([C@@H]2O[C@H](CO)[C@H](O)C2O)c(=O)[nH]c1=O.CCn1cc([C@@H]2O[C@H](COP(=O)(Cl)Cl)[C@H](O)C2O)c(=O)[nH]c1=O.CCn1cc([C@@H]2O[C@H](COP(=O)(O)OP(=O)(O)OP(=O)(O)O)[C@H](O)C2O)c(=O)[nH]c1=O.CCn1cc([C@@H]2O[C@H](COP3(=O)OP(=O)(O)OP(=O)(O)O3)[C@H](O)C2O)c(=O)[nH]c1=O. The van der Waals surface area contributed by atoms with Gasteiger partial charge < -0.3 is 117 Å². The molecule has 50 nitrogen and oxygen atoms in total. The van der Waals surface area contributed by atoms with Crippen molar-refractivity contribution >= 4 is 75.5 Å². The Labute approximate surface area is 581 Å². The molecule has 0 saturated carbocycles. The van der Waals surface area contributed by atoms with Crippen LogP contribution in [0.5, 0.6) is 0 Å². The second kappa shape index (κ2) is 35.0. The largest absolute Gasteiger partial charge is 0.492 e. The Bertz CT molecular complexity index is 4530. The number of hydrogen-bond acceptors (Lipinski definition) is 36. The van der Waals surface area contributed by atoms with E-state index in [2.05, 4.69) is 45.1 Å². The number of nitrogens with zero attached hydrogens (tertiary/aromatic N) is 4. The number of aromatic amines is 4. The quantitative estimate of drug-likeness (QED) is 0.0328. The molecule has 20 atom stereocenters. The maximum absolute atomic E-state index is 12.2. The van der Waals surface area contributed by atoms with Gasteiger partial charge in [-0.3, -0.25) is 52.7 Å². The Morgan fingerprint density at radius 1 is 0.437 bits per heavy atom. The maximum Gasteiger partial charge on any atom is 0.492 e. The van der Waals surface area contributed by atoms with E-state index >= 15 is 0 Å². The van der Waals surface area contributed by atoms with E-state index in [-0.39, 0.29) is 35.3 Å². The Kier molecular flexibility index (Phi) is 29.8. The molecule has 0 radical (unpaired) electrons. The predicted molar refractivity (Wildman–Crippen MR) is 335 cm³/mol. The van der Waals surface area contributed by atoms with Crippen LogP contribution in [0, 0.1) is 0 Å². The van der Waals surface area contributed by atoms with Gasteiger partial charge in [-0.2, -0.15) is 21.6 Å². The standard InChI is InChI=1S/C11H15Cl2N2O7P.C11H19N2O15P3.C11H17N2O14P3.C11H16N2O6/c1-2-15-3-5(10(18)14-11(15)19)9-8(17)7(16)6(22-9)4-21-23(12,13)20;1-2-13-3-5(10(16)12-11(13)17)9-8(15)7(14)6(26-9)4-25-30(21,22)28-31(23,24)27-29(18,19)20;1-2-13-3-5(10(16)12-11(13)17)9-8(15)7(14)6(24-9)4-23-30(22)26-28(18,19)25-29(20,21)27-30;1-2-13-3-5(10(17)12-11(13)18)9-8(16)7(15)6(4-14)19-9/h3,6-9,16-17H,2,4H2,1H3,(H,14,18,19);3,6-9,14-15H,2,4H2,1H3,(H,21,22)(H,23,24)(H,12,16,17)(H2,18,19,20);3,6-9,14-15H,2,4H2,1H3,(H,18,19)(H,20,21)(H,12,16,17);3,6-9,14-16H,2,4H2,1H3,(H,12,17,18)/t4*6-,7+,8?,9+/m1111/s1. The van der Waals surface area contributed by atoms with Crippen LogP contribution >= 0.6 is 75.5 Å². The summed E-state index contributed by atoms with van der Waals surface area (Å²) in [6.07, 6.45) is -21.7. The molecule has 5 aliphatic heterocycles. The molecule has 0 amide bonds. The molecule has 0 aromatic carbocycles. The second-order valence-corrected chi connectivity index (χ2v) is 35.2. The first kappa shape index (κ1) is 87.7. The third-order valence-corrected chi connectivity index (χ3v) is 24.8. The first-order chi connectivity index (χ1) is 47.4. The number of aliphatic hydroxyl groups excluding tert-OH is 9. The molecule has 59 heteroatoms. The molecule has 9 rings (SSSR count). The third-order valence-electron chi connectivity index (χ3n) is 14.6. The topological polar surface area (TPSA) is 753 Å². The van der Waals surface area contributed by atoms with Crippen molar-refractivity contribution in [3.63, 3.8) is 0 Å². The Morgan fingerprint density at radius 3 is 0.990 bits per heavy atom. The highest BCUT2D eigenvalue weighted by molar-refractivity contribution is 8.05. The number of nitrogens with one attached hydrogen (secondary N) is 4. The Balaban J connectivity index is 0.000000219. The molecule has 5 aliphatic rings. The van der Waals surface area contributed by atoms with Crippen LogP contribution in [0.3, 0.4) is 0 Å². The van der Waals surface area contributed by atoms with Crippen molar-refractivity contribution in [1.29, 1.82) is 0 Å². The van der Waals surface area contributed by atoms with E-state index in [1.807, 2.05) is 9.97 Å². The third kappa shape index (κ3) is 23.0. The van der Waals surface area contributed by atoms with Gasteiger partial charge in [0.25, 0.3) is 22.2 Å². The molecule has 5 fully saturated rings. The minimum atomic E-state index is -5.74. The normalized spacial score (nSPS) is 32.6. The highest BCUT2D eigenvalue weighted by atomic mass is 35.9. The number of H-pyrrole nitrogens is 4. The summed E-state index contributed by atoms with van der Waals surface area (Å²) >= 11 is 10.5. The van der Waals surface area contributed by atoms with E-state index in [1.54, 1.807) is 27.7 Å². The number of phosphoric ester groups is 1. The molecular weight excluding hydrogens is 1600 g/mol. The summed E-state index contributed by atoms with van der Waals surface area (Å²) < 4.78 is 138. The summed E-state index contributed by atoms with van der Waals surface area (Å²) in [6, 6.07) is 0. The number of ether oxygens (including phenoxy) is 4. The molecule has 0 aliphatic carbocycles. The maximum atomic E-state index is 12.2. The van der Waals surface area contributed by atoms with Gasteiger partial charge in [0.05, 0.1) is 48.7 Å². The molecule has 0 bridgehead atoms. The molecule has 4 aromatic heterocycles. The Hall–Kier alpha value is -4.17. The van der Waals surface area contributed by atoms with Gasteiger partial charge in [0.1, 0.15) is 97.7 Å². The first-order valence-electron chi connectivity index (χ1n) is 28.9. The molecule has 9 heterocycles. The summed E-state index contributed by atoms with van der Waals surface area (Å²) in [5.74, 6) is 0. The second-order valence-electron chi connectivity index (χ2n) is 21.5.